The topological polar surface area (TPSA) is 50.5 Å². The molecule has 2 aromatic carbocycles. The first kappa shape index (κ1) is 19.4. The largest absolute Gasteiger partial charge is 0.264 e. The van der Waals surface area contributed by atoms with Crippen molar-refractivity contribution in [3.05, 3.63) is 108 Å². The SMILES string of the molecule is Cc1cc(-c2ccc(N=Cc3cccnc3)c(C)c2)ccc1N=Cc1cccnc1. The maximum atomic E-state index is 4.61. The Balaban J connectivity index is 1.54. The molecule has 2 aromatic heterocycles. The van der Waals surface area contributed by atoms with E-state index in [1.54, 1.807) is 24.8 Å². The number of pyridine rings is 2. The van der Waals surface area contributed by atoms with Gasteiger partial charge >= 0.3 is 0 Å². The van der Waals surface area contributed by atoms with E-state index in [1.165, 1.54) is 11.1 Å². The van der Waals surface area contributed by atoms with E-state index in [4.69, 9.17) is 0 Å². The Hall–Kier alpha value is -3.92. The van der Waals surface area contributed by atoms with Crippen molar-refractivity contribution in [2.45, 2.75) is 13.8 Å². The number of hydrogen-bond donors (Lipinski definition) is 0. The zero-order chi connectivity index (χ0) is 20.8. The molecule has 0 saturated heterocycles. The second-order valence-electron chi connectivity index (χ2n) is 7.09. The maximum Gasteiger partial charge on any atom is 0.0659 e. The van der Waals surface area contributed by atoms with Gasteiger partial charge in [-0.2, -0.15) is 0 Å². The molecule has 0 atom stereocenters. The van der Waals surface area contributed by atoms with Crippen LogP contribution in [0.3, 0.4) is 0 Å². The van der Waals surface area contributed by atoms with Crippen LogP contribution in [-0.4, -0.2) is 22.4 Å². The first-order chi connectivity index (χ1) is 14.7. The first-order valence-corrected chi connectivity index (χ1v) is 9.79. The molecule has 0 unspecified atom stereocenters. The lowest BCUT2D eigenvalue weighted by molar-refractivity contribution is 1.32. The molecule has 0 aliphatic carbocycles. The molecular weight excluding hydrogens is 368 g/mol. The summed E-state index contributed by atoms with van der Waals surface area (Å²) in [5.41, 5.74) is 8.47. The monoisotopic (exact) mass is 390 g/mol. The van der Waals surface area contributed by atoms with Gasteiger partial charge in [0.2, 0.25) is 0 Å². The number of rotatable bonds is 5. The fraction of sp³-hybridized carbons (Fsp3) is 0.0769. The Morgan fingerprint density at radius 2 is 1.10 bits per heavy atom. The third-order valence-electron chi connectivity index (χ3n) is 4.80. The summed E-state index contributed by atoms with van der Waals surface area (Å²) in [5, 5.41) is 0. The average Bonchev–Trinajstić information content (AvgIpc) is 2.79. The lowest BCUT2D eigenvalue weighted by Crippen LogP contribution is -1.85. The summed E-state index contributed by atoms with van der Waals surface area (Å²) in [4.78, 5) is 17.4. The van der Waals surface area contributed by atoms with Gasteiger partial charge in [0.25, 0.3) is 0 Å². The van der Waals surface area contributed by atoms with Crippen molar-refractivity contribution in [1.82, 2.24) is 9.97 Å². The van der Waals surface area contributed by atoms with Crippen LogP contribution in [0, 0.1) is 13.8 Å². The fourth-order valence-electron chi connectivity index (χ4n) is 3.15. The van der Waals surface area contributed by atoms with Crippen LogP contribution >= 0.6 is 0 Å². The molecule has 0 aliphatic rings. The summed E-state index contributed by atoms with van der Waals surface area (Å²) in [7, 11) is 0. The molecule has 0 fully saturated rings. The van der Waals surface area contributed by atoms with E-state index in [1.807, 2.05) is 36.7 Å². The third-order valence-corrected chi connectivity index (χ3v) is 4.80. The zero-order valence-corrected chi connectivity index (χ0v) is 17.0. The summed E-state index contributed by atoms with van der Waals surface area (Å²) in [6.45, 7) is 4.16. The molecule has 146 valence electrons. The Labute approximate surface area is 176 Å². The molecule has 4 rings (SSSR count). The predicted octanol–water partition coefficient (Wildman–Crippen LogP) is 6.26. The Kier molecular flexibility index (Phi) is 5.85. The van der Waals surface area contributed by atoms with E-state index >= 15 is 0 Å². The van der Waals surface area contributed by atoms with E-state index in [-0.39, 0.29) is 0 Å². The Bertz CT molecular complexity index is 1100. The van der Waals surface area contributed by atoms with Gasteiger partial charge in [0, 0.05) is 48.3 Å². The van der Waals surface area contributed by atoms with Gasteiger partial charge in [-0.25, -0.2) is 0 Å². The van der Waals surface area contributed by atoms with Crippen LogP contribution in [0.25, 0.3) is 11.1 Å². The van der Waals surface area contributed by atoms with Crippen LogP contribution in [0.5, 0.6) is 0 Å². The minimum atomic E-state index is 0.956. The molecule has 0 N–H and O–H groups in total. The van der Waals surface area contributed by atoms with Gasteiger partial charge in [-0.1, -0.05) is 24.3 Å². The number of aryl methyl sites for hydroxylation is 2. The lowest BCUT2D eigenvalue weighted by Gasteiger charge is -2.08. The number of aromatic nitrogens is 2. The van der Waals surface area contributed by atoms with Gasteiger partial charge in [-0.3, -0.25) is 20.0 Å². The van der Waals surface area contributed by atoms with Crippen molar-refractivity contribution in [3.63, 3.8) is 0 Å². The summed E-state index contributed by atoms with van der Waals surface area (Å²) in [6.07, 6.45) is 10.8. The van der Waals surface area contributed by atoms with Gasteiger partial charge in [0.05, 0.1) is 11.4 Å². The van der Waals surface area contributed by atoms with Crippen molar-refractivity contribution in [3.8, 4) is 11.1 Å². The predicted molar refractivity (Wildman–Crippen MR) is 124 cm³/mol. The molecule has 0 radical (unpaired) electrons. The zero-order valence-electron chi connectivity index (χ0n) is 17.0. The second-order valence-corrected chi connectivity index (χ2v) is 7.09. The fourth-order valence-corrected chi connectivity index (χ4v) is 3.15. The summed E-state index contributed by atoms with van der Waals surface area (Å²) >= 11 is 0. The molecule has 2 heterocycles. The van der Waals surface area contributed by atoms with Crippen LogP contribution in [-0.2, 0) is 0 Å². The van der Waals surface area contributed by atoms with Crippen molar-refractivity contribution < 1.29 is 0 Å². The first-order valence-electron chi connectivity index (χ1n) is 9.79. The van der Waals surface area contributed by atoms with Crippen LogP contribution in [0.2, 0.25) is 0 Å². The third kappa shape index (κ3) is 4.73. The highest BCUT2D eigenvalue weighted by atomic mass is 14.7. The van der Waals surface area contributed by atoms with Crippen molar-refractivity contribution in [1.29, 1.82) is 0 Å². The smallest absolute Gasteiger partial charge is 0.0659 e. The van der Waals surface area contributed by atoms with Crippen LogP contribution in [0.4, 0.5) is 11.4 Å². The van der Waals surface area contributed by atoms with E-state index < -0.39 is 0 Å². The number of benzene rings is 2. The molecule has 0 saturated carbocycles. The molecule has 4 heteroatoms. The highest BCUT2D eigenvalue weighted by Crippen LogP contribution is 2.30. The van der Waals surface area contributed by atoms with Crippen molar-refractivity contribution in [2.24, 2.45) is 9.98 Å². The van der Waals surface area contributed by atoms with Gasteiger partial charge in [0.1, 0.15) is 0 Å². The van der Waals surface area contributed by atoms with Gasteiger partial charge in [-0.05, 0) is 72.5 Å². The minimum Gasteiger partial charge on any atom is -0.264 e. The molecule has 0 amide bonds. The number of aliphatic imine (C=N–C) groups is 2. The van der Waals surface area contributed by atoms with Crippen molar-refractivity contribution >= 4 is 23.8 Å². The summed E-state index contributed by atoms with van der Waals surface area (Å²) < 4.78 is 0. The van der Waals surface area contributed by atoms with Gasteiger partial charge in [-0.15, -0.1) is 0 Å². The molecule has 4 nitrogen and oxygen atoms in total. The van der Waals surface area contributed by atoms with Gasteiger partial charge < -0.3 is 0 Å². The highest BCUT2D eigenvalue weighted by molar-refractivity contribution is 5.83. The lowest BCUT2D eigenvalue weighted by atomic mass is 10.00. The minimum absolute atomic E-state index is 0.956. The van der Waals surface area contributed by atoms with E-state index in [9.17, 15) is 0 Å². The van der Waals surface area contributed by atoms with E-state index in [0.29, 0.717) is 0 Å². The summed E-state index contributed by atoms with van der Waals surface area (Å²) in [5.74, 6) is 0. The highest BCUT2D eigenvalue weighted by Gasteiger charge is 2.04. The van der Waals surface area contributed by atoms with Crippen LogP contribution < -0.4 is 0 Å². The number of hydrogen-bond acceptors (Lipinski definition) is 4. The average molecular weight is 390 g/mol. The summed E-state index contributed by atoms with van der Waals surface area (Å²) in [6, 6.07) is 20.5. The molecule has 30 heavy (non-hydrogen) atoms. The van der Waals surface area contributed by atoms with Crippen LogP contribution in [0.1, 0.15) is 22.3 Å². The second kappa shape index (κ2) is 9.05. The molecule has 0 bridgehead atoms. The standard InChI is InChI=1S/C26H22N4/c1-19-13-23(7-9-25(19)29-17-21-5-3-11-27-15-21)24-8-10-26(20(2)14-24)30-18-22-6-4-12-28-16-22/h3-18H,1-2H3. The molecule has 4 aromatic rings. The Morgan fingerprint density at radius 3 is 1.47 bits per heavy atom. The van der Waals surface area contributed by atoms with E-state index in [0.717, 1.165) is 33.6 Å². The van der Waals surface area contributed by atoms with Crippen LogP contribution in [0.15, 0.2) is 95.4 Å². The van der Waals surface area contributed by atoms with Crippen molar-refractivity contribution in [2.75, 3.05) is 0 Å². The molecule has 0 spiro atoms. The Morgan fingerprint density at radius 1 is 0.633 bits per heavy atom. The van der Waals surface area contributed by atoms with E-state index in [2.05, 4.69) is 70.2 Å². The normalized spacial score (nSPS) is 11.4. The number of nitrogens with zero attached hydrogens (tertiary/aromatic N) is 4. The molecule has 0 aliphatic heterocycles. The molecular formula is C26H22N4. The quantitative estimate of drug-likeness (QED) is 0.378. The van der Waals surface area contributed by atoms with Gasteiger partial charge in [0.15, 0.2) is 0 Å². The maximum absolute atomic E-state index is 4.61.